The third-order valence-corrected chi connectivity index (χ3v) is 4.62. The summed E-state index contributed by atoms with van der Waals surface area (Å²) in [7, 11) is 0. The molecule has 0 spiro atoms. The van der Waals surface area contributed by atoms with E-state index in [2.05, 4.69) is 25.2 Å². The molecule has 0 saturated carbocycles. The van der Waals surface area contributed by atoms with Gasteiger partial charge < -0.3 is 0 Å². The molecule has 0 aliphatic rings. The average molecular weight is 320 g/mol. The van der Waals surface area contributed by atoms with Crippen LogP contribution in [-0.4, -0.2) is 4.76 Å². The summed E-state index contributed by atoms with van der Waals surface area (Å²) in [6, 6.07) is 0. The van der Waals surface area contributed by atoms with Gasteiger partial charge in [0.2, 0.25) is 0 Å². The second-order valence-corrected chi connectivity index (χ2v) is 11.4. The zero-order chi connectivity index (χ0) is 8.04. The molecule has 0 fully saturated rings. The van der Waals surface area contributed by atoms with Crippen molar-refractivity contribution in [3.63, 3.8) is 0 Å². The number of rotatable bonds is 1. The van der Waals surface area contributed by atoms with Crippen molar-refractivity contribution in [3.05, 3.63) is 11.4 Å². The third-order valence-electron chi connectivity index (χ3n) is 0.720. The molecule has 10 heavy (non-hydrogen) atoms. The summed E-state index contributed by atoms with van der Waals surface area (Å²) in [6.45, 7) is 8.74. The number of hydrogen-bond donors (Lipinski definition) is 0. The van der Waals surface area contributed by atoms with Gasteiger partial charge in [0.1, 0.15) is 0 Å². The Bertz CT molecular complexity index is 190. The molecule has 0 aliphatic heterocycles. The van der Waals surface area contributed by atoms with Crippen LogP contribution in [0.3, 0.4) is 0 Å². The molecule has 0 unspecified atom stereocenters. The van der Waals surface area contributed by atoms with Crippen molar-refractivity contribution in [1.29, 1.82) is 0 Å². The first-order valence-electron chi connectivity index (χ1n) is 2.82. The van der Waals surface area contributed by atoms with Crippen LogP contribution >= 0.6 is 0 Å². The van der Waals surface area contributed by atoms with E-state index in [1.54, 1.807) is 0 Å². The van der Waals surface area contributed by atoms with Gasteiger partial charge in [-0.3, -0.25) is 0 Å². The maximum absolute atomic E-state index is 6.69. The summed E-state index contributed by atoms with van der Waals surface area (Å²) in [5.74, 6) is 3.06. The normalized spacial score (nSPS) is 11.0. The molecule has 60 valence electrons. The molecule has 0 atom stereocenters. The van der Waals surface area contributed by atoms with E-state index in [1.165, 1.54) is 0 Å². The Morgan fingerprint density at radius 2 is 2.10 bits per heavy atom. The van der Waals surface area contributed by atoms with E-state index in [4.69, 9.17) is 6.57 Å². The molecule has 0 saturated heterocycles. The summed E-state index contributed by atoms with van der Waals surface area (Å²) in [6.07, 6.45) is 0.920. The quantitative estimate of drug-likeness (QED) is 0.397. The van der Waals surface area contributed by atoms with Gasteiger partial charge in [-0.25, -0.2) is 0 Å². The van der Waals surface area contributed by atoms with Crippen molar-refractivity contribution in [3.8, 4) is 10.1 Å². The molecule has 0 N–H and O–H groups in total. The second kappa shape index (κ2) is 4.58. The third kappa shape index (κ3) is 4.65. The molecule has 0 aromatic carbocycles. The predicted octanol–water partition coefficient (Wildman–Crippen LogP) is 2.48. The Labute approximate surface area is 67.2 Å². The summed E-state index contributed by atoms with van der Waals surface area (Å²) in [5.41, 5.74) is 0. The van der Waals surface area contributed by atoms with Crippen LogP contribution in [-0.2, 0) is 17.1 Å². The Morgan fingerprint density at radius 1 is 1.50 bits per heavy atom. The Balaban J connectivity index is 4.01. The summed E-state index contributed by atoms with van der Waals surface area (Å²) in [5, 5.41) is 4.33. The maximum atomic E-state index is 6.69. The van der Waals surface area contributed by atoms with E-state index >= 15 is 0 Å². The van der Waals surface area contributed by atoms with Crippen LogP contribution in [0, 0.1) is 16.6 Å². The first kappa shape index (κ1) is 9.79. The van der Waals surface area contributed by atoms with E-state index in [0.717, 1.165) is 6.42 Å². The molecule has 0 rings (SSSR count). The van der Waals surface area contributed by atoms with Gasteiger partial charge in [-0.15, -0.1) is 0 Å². The van der Waals surface area contributed by atoms with Gasteiger partial charge >= 0.3 is 67.0 Å². The zero-order valence-electron chi connectivity index (χ0n) is 6.66. The van der Waals surface area contributed by atoms with E-state index in [9.17, 15) is 0 Å². The van der Waals surface area contributed by atoms with Crippen molar-refractivity contribution >= 4 is 0 Å². The van der Waals surface area contributed by atoms with E-state index in [1.807, 2.05) is 6.92 Å². The molecule has 0 radical (unpaired) electrons. The van der Waals surface area contributed by atoms with Crippen molar-refractivity contribution in [2.45, 2.75) is 23.6 Å². The van der Waals surface area contributed by atoms with Crippen LogP contribution in [0.15, 0.2) is 0 Å². The van der Waals surface area contributed by atoms with Gasteiger partial charge in [-0.2, -0.15) is 0 Å². The Hall–Kier alpha value is -0.210. The van der Waals surface area contributed by atoms with Crippen LogP contribution in [0.5, 0.6) is 0 Å². The van der Waals surface area contributed by atoms with Crippen molar-refractivity contribution in [2.75, 3.05) is 4.76 Å². The SMILES string of the molecule is [C-]#[N+][CH2][Au+]([CH3])([CH3])[C]#CCC. The van der Waals surface area contributed by atoms with Gasteiger partial charge in [-0.1, -0.05) is 0 Å². The molecule has 0 amide bonds. The number of hydrogen-bond acceptors (Lipinski definition) is 0. The van der Waals surface area contributed by atoms with Gasteiger partial charge in [0.15, 0.2) is 0 Å². The van der Waals surface area contributed by atoms with Crippen LogP contribution in [0.25, 0.3) is 4.85 Å². The van der Waals surface area contributed by atoms with Gasteiger partial charge in [-0.05, 0) is 0 Å². The molecule has 0 aromatic heterocycles. The van der Waals surface area contributed by atoms with Gasteiger partial charge in [0.25, 0.3) is 0 Å². The fourth-order valence-electron chi connectivity index (χ4n) is 0.341. The van der Waals surface area contributed by atoms with Gasteiger partial charge in [0.05, 0.1) is 0 Å². The van der Waals surface area contributed by atoms with Crippen LogP contribution < -0.4 is 0 Å². The molecule has 1 nitrogen and oxygen atoms in total. The van der Waals surface area contributed by atoms with E-state index in [0.29, 0.717) is 4.76 Å². The van der Waals surface area contributed by atoms with Crippen molar-refractivity contribution in [2.24, 2.45) is 0 Å². The minimum atomic E-state index is -1.77. The van der Waals surface area contributed by atoms with Gasteiger partial charge in [0, 0.05) is 0 Å². The Kier molecular flexibility index (Phi) is 4.49. The standard InChI is InChI=1S/C4H5.C2H2N.2CH3.Au/c1-3-4-2;1-3-2;;;/h3H2,1H3;1H2;2*1H3;/q;;;;+1. The molecule has 0 heterocycles. The van der Waals surface area contributed by atoms with Crippen molar-refractivity contribution in [1.82, 2.24) is 0 Å². The minimum absolute atomic E-state index is 0.674. The predicted molar refractivity (Wildman–Crippen MR) is 41.3 cm³/mol. The summed E-state index contributed by atoms with van der Waals surface area (Å²) < 4.78 is 3.89. The zero-order valence-corrected chi connectivity index (χ0v) is 8.83. The topological polar surface area (TPSA) is 4.36 Å². The monoisotopic (exact) mass is 320 g/mol. The Morgan fingerprint density at radius 3 is 2.50 bits per heavy atom. The summed E-state index contributed by atoms with van der Waals surface area (Å²) >= 11 is -1.77. The van der Waals surface area contributed by atoms with Crippen LogP contribution in [0.4, 0.5) is 0 Å². The fraction of sp³-hybridized carbons (Fsp3) is 0.625. The van der Waals surface area contributed by atoms with Crippen molar-refractivity contribution < 1.29 is 17.1 Å². The molecule has 2 heteroatoms. The fourth-order valence-corrected chi connectivity index (χ4v) is 2.79. The van der Waals surface area contributed by atoms with E-state index < -0.39 is 17.1 Å². The number of nitrogens with zero attached hydrogens (tertiary/aromatic N) is 1. The summed E-state index contributed by atoms with van der Waals surface area (Å²) in [4.78, 5) is 3.38. The molecule has 0 bridgehead atoms. The second-order valence-electron chi connectivity index (χ2n) is 2.00. The van der Waals surface area contributed by atoms with Crippen LogP contribution in [0.1, 0.15) is 13.3 Å². The first-order chi connectivity index (χ1) is 4.62. The van der Waals surface area contributed by atoms with E-state index in [-0.39, 0.29) is 0 Å². The molecular formula is C8H13AuN+. The molecule has 0 aromatic rings. The molecular weight excluding hydrogens is 307 g/mol. The first-order valence-corrected chi connectivity index (χ1v) is 9.77. The molecule has 0 aliphatic carbocycles. The average Bonchev–Trinajstić information content (AvgIpc) is 1.84. The van der Waals surface area contributed by atoms with Crippen LogP contribution in [0.2, 0.25) is 10.3 Å².